The molecule has 0 heterocycles. The van der Waals surface area contributed by atoms with Crippen LogP contribution in [0.25, 0.3) is 0 Å². The molecule has 0 saturated heterocycles. The van der Waals surface area contributed by atoms with Crippen molar-refractivity contribution in [1.82, 2.24) is 0 Å². The van der Waals surface area contributed by atoms with Crippen LogP contribution in [0.3, 0.4) is 0 Å². The molecule has 1 amide bonds. The van der Waals surface area contributed by atoms with Crippen molar-refractivity contribution in [3.8, 4) is 0 Å². The first-order valence-corrected chi connectivity index (χ1v) is 4.82. The van der Waals surface area contributed by atoms with E-state index < -0.39 is 0 Å². The Bertz CT molecular complexity index is 336. The largest absolute Gasteiger partial charge is 0.306 e. The lowest BCUT2D eigenvalue weighted by molar-refractivity contribution is 0.267. The first-order chi connectivity index (χ1) is 6.02. The average Bonchev–Trinajstić information content (AvgIpc) is 2.08. The summed E-state index contributed by atoms with van der Waals surface area (Å²) >= 11 is 2.91. The smallest absolute Gasteiger partial charge is 0.293 e. The Morgan fingerprint density at radius 1 is 1.31 bits per heavy atom. The number of amides is 1. The molecule has 0 radical (unpaired) electrons. The number of hydrogen-bond donors (Lipinski definition) is 0. The van der Waals surface area contributed by atoms with Gasteiger partial charge < -0.3 is 4.90 Å². The number of rotatable bonds is 1. The minimum absolute atomic E-state index is 0.129. The number of carbonyl (C=O) groups excluding carboxylic acids is 1. The molecule has 0 aliphatic carbocycles. The molecule has 13 heavy (non-hydrogen) atoms. The molecule has 0 unspecified atom stereocenters. The predicted molar refractivity (Wildman–Crippen MR) is 58.6 cm³/mol. The van der Waals surface area contributed by atoms with Crippen LogP contribution in [0.2, 0.25) is 0 Å². The van der Waals surface area contributed by atoms with Gasteiger partial charge in [0.1, 0.15) is 0 Å². The number of nitrogens with zero attached hydrogens (tertiary/aromatic N) is 1. The van der Waals surface area contributed by atoms with E-state index in [4.69, 9.17) is 0 Å². The van der Waals surface area contributed by atoms with Crippen LogP contribution in [0.1, 0.15) is 11.1 Å². The van der Waals surface area contributed by atoms with E-state index in [0.717, 1.165) is 5.69 Å². The fourth-order valence-electron chi connectivity index (χ4n) is 1.04. The molecule has 0 N–H and O–H groups in total. The van der Waals surface area contributed by atoms with Crippen LogP contribution in [-0.2, 0) is 0 Å². The van der Waals surface area contributed by atoms with E-state index in [1.54, 1.807) is 11.9 Å². The highest BCUT2D eigenvalue weighted by Crippen LogP contribution is 2.18. The molecule has 0 aliphatic rings. The fraction of sp³-hybridized carbons (Fsp3) is 0.300. The van der Waals surface area contributed by atoms with Gasteiger partial charge in [0.05, 0.1) is 0 Å². The Morgan fingerprint density at radius 2 is 1.92 bits per heavy atom. The maximum Gasteiger partial charge on any atom is 0.293 e. The molecule has 1 aromatic rings. The molecule has 1 rings (SSSR count). The summed E-state index contributed by atoms with van der Waals surface area (Å²) in [6, 6.07) is 5.94. The van der Waals surface area contributed by atoms with Gasteiger partial charge in [-0.25, -0.2) is 0 Å². The summed E-state index contributed by atoms with van der Waals surface area (Å²) in [7, 11) is 1.74. The normalized spacial score (nSPS) is 9.85. The van der Waals surface area contributed by atoms with E-state index in [0.29, 0.717) is 0 Å². The molecule has 0 aromatic heterocycles. The molecule has 70 valence electrons. The van der Waals surface area contributed by atoms with Crippen LogP contribution in [0, 0.1) is 13.8 Å². The number of benzene rings is 1. The molecule has 0 spiro atoms. The molecular weight excluding hydrogens is 230 g/mol. The van der Waals surface area contributed by atoms with Crippen LogP contribution in [0.5, 0.6) is 0 Å². The van der Waals surface area contributed by atoms with E-state index in [2.05, 4.69) is 22.9 Å². The zero-order chi connectivity index (χ0) is 10.0. The quantitative estimate of drug-likeness (QED) is 0.546. The Balaban J connectivity index is 3.03. The summed E-state index contributed by atoms with van der Waals surface area (Å²) in [4.78, 5) is 12.4. The van der Waals surface area contributed by atoms with Crippen molar-refractivity contribution in [1.29, 1.82) is 0 Å². The highest BCUT2D eigenvalue weighted by molar-refractivity contribution is 9.18. The number of anilines is 1. The summed E-state index contributed by atoms with van der Waals surface area (Å²) in [5, 5.41) is 0. The van der Waals surface area contributed by atoms with Gasteiger partial charge in [0.25, 0.3) is 4.82 Å². The summed E-state index contributed by atoms with van der Waals surface area (Å²) in [5.74, 6) is 0. The van der Waals surface area contributed by atoms with E-state index in [-0.39, 0.29) is 4.82 Å². The first-order valence-electron chi connectivity index (χ1n) is 4.03. The lowest BCUT2D eigenvalue weighted by Gasteiger charge is -2.14. The summed E-state index contributed by atoms with van der Waals surface area (Å²) in [5.41, 5.74) is 3.34. The maximum absolute atomic E-state index is 11.0. The van der Waals surface area contributed by atoms with Gasteiger partial charge in [-0.2, -0.15) is 0 Å². The number of aryl methyl sites for hydroxylation is 2. The van der Waals surface area contributed by atoms with E-state index in [9.17, 15) is 4.79 Å². The van der Waals surface area contributed by atoms with Gasteiger partial charge in [-0.1, -0.05) is 6.07 Å². The number of halogens is 1. The average molecular weight is 242 g/mol. The minimum atomic E-state index is -0.129. The standard InChI is InChI=1S/C10H12BrNO/c1-7-4-5-9(6-8(7)2)12(3)10(11)13/h4-6H,1-3H3. The van der Waals surface area contributed by atoms with E-state index >= 15 is 0 Å². The molecule has 1 aromatic carbocycles. The van der Waals surface area contributed by atoms with Crippen LogP contribution in [0.4, 0.5) is 10.5 Å². The van der Waals surface area contributed by atoms with Gasteiger partial charge in [-0.05, 0) is 37.1 Å². The molecule has 0 bridgehead atoms. The SMILES string of the molecule is Cc1ccc(N(C)C(=O)Br)cc1C. The van der Waals surface area contributed by atoms with Crippen molar-refractivity contribution in [3.63, 3.8) is 0 Å². The van der Waals surface area contributed by atoms with Gasteiger partial charge >= 0.3 is 0 Å². The predicted octanol–water partition coefficient (Wildman–Crippen LogP) is 3.25. The Labute approximate surface area is 86.7 Å². The third-order valence-electron chi connectivity index (χ3n) is 2.14. The number of carbonyl (C=O) groups is 1. The maximum atomic E-state index is 11.0. The van der Waals surface area contributed by atoms with Gasteiger partial charge in [0.15, 0.2) is 0 Å². The van der Waals surface area contributed by atoms with Gasteiger partial charge in [-0.3, -0.25) is 4.79 Å². The highest BCUT2D eigenvalue weighted by atomic mass is 79.9. The zero-order valence-electron chi connectivity index (χ0n) is 7.97. The fourth-order valence-corrected chi connectivity index (χ4v) is 1.24. The van der Waals surface area contributed by atoms with Crippen molar-refractivity contribution < 1.29 is 4.79 Å². The lowest BCUT2D eigenvalue weighted by atomic mass is 10.1. The van der Waals surface area contributed by atoms with Crippen LogP contribution < -0.4 is 4.90 Å². The molecule has 0 atom stereocenters. The van der Waals surface area contributed by atoms with E-state index in [1.165, 1.54) is 11.1 Å². The monoisotopic (exact) mass is 241 g/mol. The minimum Gasteiger partial charge on any atom is -0.306 e. The Kier molecular flexibility index (Phi) is 3.09. The Morgan fingerprint density at radius 3 is 2.38 bits per heavy atom. The van der Waals surface area contributed by atoms with Crippen molar-refractivity contribution in [2.24, 2.45) is 0 Å². The summed E-state index contributed by atoms with van der Waals surface area (Å²) in [6.45, 7) is 4.08. The molecule has 3 heteroatoms. The molecule has 2 nitrogen and oxygen atoms in total. The van der Waals surface area contributed by atoms with Gasteiger partial charge in [0.2, 0.25) is 0 Å². The third-order valence-corrected chi connectivity index (χ3v) is 2.67. The molecular formula is C10H12BrNO. The third kappa shape index (κ3) is 2.31. The molecule has 0 saturated carbocycles. The van der Waals surface area contributed by atoms with Crippen LogP contribution in [-0.4, -0.2) is 11.9 Å². The number of hydrogen-bond acceptors (Lipinski definition) is 1. The second-order valence-corrected chi connectivity index (χ2v) is 3.76. The zero-order valence-corrected chi connectivity index (χ0v) is 9.55. The lowest BCUT2D eigenvalue weighted by Crippen LogP contribution is -2.19. The van der Waals surface area contributed by atoms with Crippen LogP contribution >= 0.6 is 15.9 Å². The summed E-state index contributed by atoms with van der Waals surface area (Å²) < 4.78 is 0. The van der Waals surface area contributed by atoms with Gasteiger partial charge in [0, 0.05) is 28.7 Å². The van der Waals surface area contributed by atoms with Crippen LogP contribution in [0.15, 0.2) is 18.2 Å². The first kappa shape index (κ1) is 10.3. The second kappa shape index (κ2) is 3.92. The van der Waals surface area contributed by atoms with E-state index in [1.807, 2.05) is 25.1 Å². The van der Waals surface area contributed by atoms with Crippen molar-refractivity contribution in [2.75, 3.05) is 11.9 Å². The molecule has 0 fully saturated rings. The second-order valence-electron chi connectivity index (χ2n) is 3.08. The Hall–Kier alpha value is -0.830. The highest BCUT2D eigenvalue weighted by Gasteiger charge is 2.06. The molecule has 0 aliphatic heterocycles. The van der Waals surface area contributed by atoms with Crippen molar-refractivity contribution in [2.45, 2.75) is 13.8 Å². The summed E-state index contributed by atoms with van der Waals surface area (Å²) in [6.07, 6.45) is 0. The van der Waals surface area contributed by atoms with Gasteiger partial charge in [-0.15, -0.1) is 0 Å². The van der Waals surface area contributed by atoms with Crippen molar-refractivity contribution in [3.05, 3.63) is 29.3 Å². The van der Waals surface area contributed by atoms with Crippen molar-refractivity contribution >= 4 is 26.4 Å². The topological polar surface area (TPSA) is 20.3 Å².